The highest BCUT2D eigenvalue weighted by Crippen LogP contribution is 2.17. The van der Waals surface area contributed by atoms with Crippen LogP contribution < -0.4 is 0 Å². The van der Waals surface area contributed by atoms with Gasteiger partial charge in [-0.05, 0) is 11.6 Å². The maximum atomic E-state index is 9.86. The second-order valence-corrected chi connectivity index (χ2v) is 2.79. The van der Waals surface area contributed by atoms with E-state index in [9.17, 15) is 5.21 Å². The maximum Gasteiger partial charge on any atom is 0.303 e. The van der Waals surface area contributed by atoms with Crippen molar-refractivity contribution >= 4 is 10.9 Å². The van der Waals surface area contributed by atoms with Crippen molar-refractivity contribution in [2.45, 2.75) is 6.42 Å². The van der Waals surface area contributed by atoms with Crippen LogP contribution in [0.2, 0.25) is 0 Å². The van der Waals surface area contributed by atoms with Gasteiger partial charge in [0.15, 0.2) is 0 Å². The van der Waals surface area contributed by atoms with Crippen molar-refractivity contribution in [3.63, 3.8) is 0 Å². The average Bonchev–Trinajstić information content (AvgIpc) is 2.58. The van der Waals surface area contributed by atoms with Crippen LogP contribution in [0.4, 0.5) is 0 Å². The predicted molar refractivity (Wildman–Crippen MR) is 52.6 cm³/mol. The molecular formula is C10H8N2O. The molecule has 1 aromatic carbocycles. The van der Waals surface area contributed by atoms with Crippen LogP contribution in [-0.4, -0.2) is 4.98 Å². The summed E-state index contributed by atoms with van der Waals surface area (Å²) in [6.45, 7) is 0. The lowest BCUT2D eigenvalue weighted by Gasteiger charge is -1.88. The Morgan fingerprint density at radius 1 is 1.38 bits per heavy atom. The fraction of sp³-hybridized carbons (Fsp3) is 0.100. The molecule has 1 N–H and O–H groups in total. The molecule has 0 aliphatic carbocycles. The van der Waals surface area contributed by atoms with E-state index in [1.54, 1.807) is 0 Å². The summed E-state index contributed by atoms with van der Waals surface area (Å²) in [5.74, 6) is 0. The van der Waals surface area contributed by atoms with Crippen molar-refractivity contribution in [2.24, 2.45) is 0 Å². The van der Waals surface area contributed by atoms with Crippen molar-refractivity contribution in [2.75, 3.05) is 0 Å². The molecule has 3 heteroatoms. The lowest BCUT2D eigenvalue weighted by atomic mass is 10.1. The zero-order valence-electron chi connectivity index (χ0n) is 6.95. The Balaban J connectivity index is 2.49. The van der Waals surface area contributed by atoms with Gasteiger partial charge >= 0.3 is 6.07 Å². The van der Waals surface area contributed by atoms with Crippen LogP contribution in [0, 0.1) is 11.3 Å². The number of para-hydroxylation sites is 1. The number of aromatic nitrogens is 1. The Morgan fingerprint density at radius 2 is 2.23 bits per heavy atom. The second-order valence-electron chi connectivity index (χ2n) is 2.79. The Hall–Kier alpha value is -1.95. The molecule has 1 heterocycles. The summed E-state index contributed by atoms with van der Waals surface area (Å²) in [6, 6.07) is 10.3. The number of fused-ring (bicyclic) bond motifs is 1. The van der Waals surface area contributed by atoms with E-state index in [4.69, 9.17) is 0 Å². The molecule has 3 nitrogen and oxygen atoms in total. The zero-order chi connectivity index (χ0) is 9.10. The smallest absolute Gasteiger partial charge is 0.303 e. The predicted octanol–water partition coefficient (Wildman–Crippen LogP) is 2.54. The minimum Gasteiger partial charge on any atom is -0.498 e. The molecule has 2 aromatic rings. The first-order valence-electron chi connectivity index (χ1n) is 4.02. The van der Waals surface area contributed by atoms with Crippen molar-refractivity contribution in [3.05, 3.63) is 46.2 Å². The molecule has 1 aromatic heterocycles. The molecule has 0 spiro atoms. The molecule has 0 aliphatic heterocycles. The first-order valence-corrected chi connectivity index (χ1v) is 4.02. The molecular weight excluding hydrogens is 164 g/mol. The average molecular weight is 172 g/mol. The third-order valence-corrected chi connectivity index (χ3v) is 2.01. The van der Waals surface area contributed by atoms with Crippen LogP contribution in [0.25, 0.3) is 15.9 Å². The third-order valence-electron chi connectivity index (χ3n) is 2.01. The number of aromatic amines is 1. The lowest BCUT2D eigenvalue weighted by Crippen LogP contribution is -1.76. The monoisotopic (exact) mass is 172 g/mol. The number of hydrogen-bond donors (Lipinski definition) is 1. The summed E-state index contributed by atoms with van der Waals surface area (Å²) in [5, 5.41) is 13.6. The molecule has 0 saturated carbocycles. The van der Waals surface area contributed by atoms with Gasteiger partial charge in [0.25, 0.3) is 0 Å². The standard InChI is InChI=1S/C10H8N2O/c13-12-6-5-8-7-11-10-4-2-1-3-9(8)10/h1-4,7,11H,5H2. The van der Waals surface area contributed by atoms with Crippen molar-refractivity contribution < 1.29 is 0 Å². The largest absolute Gasteiger partial charge is 0.498 e. The van der Waals surface area contributed by atoms with Gasteiger partial charge in [0, 0.05) is 22.1 Å². The SMILES string of the molecule is [O-][N+]#CCc1c[nH]c2ccccc12. The van der Waals surface area contributed by atoms with Crippen molar-refractivity contribution in [1.29, 1.82) is 0 Å². The summed E-state index contributed by atoms with van der Waals surface area (Å²) < 4.78 is 0. The van der Waals surface area contributed by atoms with Gasteiger partial charge in [-0.1, -0.05) is 18.2 Å². The number of nitrogens with zero attached hydrogens (tertiary/aromatic N) is 1. The van der Waals surface area contributed by atoms with E-state index in [2.05, 4.69) is 16.1 Å². The topological polar surface area (TPSA) is 43.2 Å². The Kier molecular flexibility index (Phi) is 1.89. The Morgan fingerprint density at radius 3 is 3.08 bits per heavy atom. The normalized spacial score (nSPS) is 9.54. The highest BCUT2D eigenvalue weighted by atomic mass is 16.4. The van der Waals surface area contributed by atoms with Crippen LogP contribution in [-0.2, 0) is 6.42 Å². The van der Waals surface area contributed by atoms with Crippen molar-refractivity contribution in [3.8, 4) is 6.07 Å². The van der Waals surface area contributed by atoms with Crippen molar-refractivity contribution in [1.82, 2.24) is 4.98 Å². The van der Waals surface area contributed by atoms with Gasteiger partial charge < -0.3 is 10.2 Å². The fourth-order valence-electron chi connectivity index (χ4n) is 1.40. The highest BCUT2D eigenvalue weighted by Gasteiger charge is 2.02. The van der Waals surface area contributed by atoms with Gasteiger partial charge in [0.1, 0.15) is 6.42 Å². The maximum absolute atomic E-state index is 9.86. The number of nitrogens with one attached hydrogen (secondary N) is 1. The quantitative estimate of drug-likeness (QED) is 0.660. The molecule has 0 radical (unpaired) electrons. The molecule has 0 bridgehead atoms. The van der Waals surface area contributed by atoms with E-state index in [-0.39, 0.29) is 0 Å². The number of benzene rings is 1. The van der Waals surface area contributed by atoms with E-state index in [1.165, 1.54) is 0 Å². The van der Waals surface area contributed by atoms with E-state index >= 15 is 0 Å². The van der Waals surface area contributed by atoms with Gasteiger partial charge in [-0.25, -0.2) is 0 Å². The van der Waals surface area contributed by atoms with E-state index in [0.29, 0.717) is 6.42 Å². The zero-order valence-corrected chi connectivity index (χ0v) is 6.95. The van der Waals surface area contributed by atoms with E-state index < -0.39 is 0 Å². The molecule has 0 aliphatic rings. The molecule has 0 fully saturated rings. The fourth-order valence-corrected chi connectivity index (χ4v) is 1.40. The second kappa shape index (κ2) is 3.20. The van der Waals surface area contributed by atoms with Crippen LogP contribution in [0.1, 0.15) is 5.56 Å². The molecule has 0 atom stereocenters. The van der Waals surface area contributed by atoms with Gasteiger partial charge in [0.2, 0.25) is 0 Å². The Labute approximate surface area is 75.4 Å². The van der Waals surface area contributed by atoms with E-state index in [1.807, 2.05) is 30.5 Å². The van der Waals surface area contributed by atoms with E-state index in [0.717, 1.165) is 16.5 Å². The molecule has 0 saturated heterocycles. The van der Waals surface area contributed by atoms with Crippen LogP contribution in [0.3, 0.4) is 0 Å². The minimum atomic E-state index is 0.466. The lowest BCUT2D eigenvalue weighted by molar-refractivity contribution is 1.33. The minimum absolute atomic E-state index is 0.466. The first-order chi connectivity index (χ1) is 6.42. The summed E-state index contributed by atoms with van der Waals surface area (Å²) in [7, 11) is 0. The highest BCUT2D eigenvalue weighted by molar-refractivity contribution is 5.83. The first kappa shape index (κ1) is 7.69. The number of H-pyrrole nitrogens is 1. The number of rotatable bonds is 1. The Bertz CT molecular complexity index is 476. The molecule has 0 amide bonds. The summed E-state index contributed by atoms with van der Waals surface area (Å²) in [5.41, 5.74) is 2.13. The van der Waals surface area contributed by atoms with Crippen LogP contribution in [0.5, 0.6) is 0 Å². The third kappa shape index (κ3) is 1.34. The molecule has 64 valence electrons. The summed E-state index contributed by atoms with van der Waals surface area (Å²) in [4.78, 5) is 3.11. The summed E-state index contributed by atoms with van der Waals surface area (Å²) >= 11 is 0. The summed E-state index contributed by atoms with van der Waals surface area (Å²) in [6.07, 6.45) is 2.34. The van der Waals surface area contributed by atoms with Gasteiger partial charge in [-0.2, -0.15) is 0 Å². The van der Waals surface area contributed by atoms with Gasteiger partial charge in [-0.15, -0.1) is 0 Å². The van der Waals surface area contributed by atoms with Crippen LogP contribution in [0.15, 0.2) is 30.5 Å². The van der Waals surface area contributed by atoms with Gasteiger partial charge in [0.05, 0.1) is 0 Å². The molecule has 13 heavy (non-hydrogen) atoms. The van der Waals surface area contributed by atoms with Gasteiger partial charge in [-0.3, -0.25) is 0 Å². The molecule has 0 unspecified atom stereocenters. The molecule has 2 rings (SSSR count). The number of hydrogen-bond acceptors (Lipinski definition) is 1. The van der Waals surface area contributed by atoms with Crippen LogP contribution >= 0.6 is 0 Å².